The van der Waals surface area contributed by atoms with Gasteiger partial charge < -0.3 is 24.8 Å². The number of carbonyl (C=O) groups is 1. The molecular formula is C23H30FN7O4. The molecule has 4 rings (SSSR count). The second kappa shape index (κ2) is 8.91. The van der Waals surface area contributed by atoms with Gasteiger partial charge in [-0.1, -0.05) is 0 Å². The van der Waals surface area contributed by atoms with Crippen LogP contribution < -0.4 is 10.1 Å². The summed E-state index contributed by atoms with van der Waals surface area (Å²) in [7, 11) is 1.50. The van der Waals surface area contributed by atoms with E-state index >= 15 is 0 Å². The topological polar surface area (TPSA) is 127 Å². The fraction of sp³-hybridized carbons (Fsp3) is 0.522. The summed E-state index contributed by atoms with van der Waals surface area (Å²) in [4.78, 5) is 27.0. The van der Waals surface area contributed by atoms with Gasteiger partial charge >= 0.3 is 6.09 Å². The summed E-state index contributed by atoms with van der Waals surface area (Å²) in [6.45, 7) is 8.57. The van der Waals surface area contributed by atoms with Crippen LogP contribution in [0.25, 0.3) is 16.9 Å². The van der Waals surface area contributed by atoms with Crippen molar-refractivity contribution in [1.82, 2.24) is 29.5 Å². The van der Waals surface area contributed by atoms with Crippen LogP contribution >= 0.6 is 0 Å². The third-order valence-electron chi connectivity index (χ3n) is 5.41. The molecule has 0 aromatic carbocycles. The van der Waals surface area contributed by atoms with E-state index in [-0.39, 0.29) is 19.0 Å². The van der Waals surface area contributed by atoms with E-state index in [2.05, 4.69) is 25.4 Å². The van der Waals surface area contributed by atoms with Crippen molar-refractivity contribution < 1.29 is 23.8 Å². The molecule has 0 aliphatic carbocycles. The third kappa shape index (κ3) is 5.26. The fourth-order valence-electron chi connectivity index (χ4n) is 3.78. The lowest BCUT2D eigenvalue weighted by molar-refractivity contribution is 0.0283. The molecule has 1 amide bonds. The number of aliphatic hydroxyl groups is 1. The quantitative estimate of drug-likeness (QED) is 0.558. The highest BCUT2D eigenvalue weighted by atomic mass is 19.1. The number of methoxy groups -OCH3 is 1. The van der Waals surface area contributed by atoms with Gasteiger partial charge in [-0.25, -0.2) is 28.7 Å². The minimum absolute atomic E-state index is 0.0776. The number of carbonyl (C=O) groups excluding carboxylic acids is 1. The van der Waals surface area contributed by atoms with Crippen LogP contribution in [0.4, 0.5) is 15.1 Å². The normalized spacial score (nSPS) is 18.7. The van der Waals surface area contributed by atoms with Gasteiger partial charge in [0.25, 0.3) is 0 Å². The largest absolute Gasteiger partial charge is 0.493 e. The number of amides is 1. The summed E-state index contributed by atoms with van der Waals surface area (Å²) in [6.07, 6.45) is 2.91. The molecule has 4 heterocycles. The lowest BCUT2D eigenvalue weighted by Gasteiger charge is -2.24. The van der Waals surface area contributed by atoms with Crippen LogP contribution in [0, 0.1) is 0 Å². The molecule has 0 bridgehead atoms. The van der Waals surface area contributed by atoms with E-state index in [1.807, 2.05) is 0 Å². The number of halogens is 1. The molecule has 12 heteroatoms. The fourth-order valence-corrected chi connectivity index (χ4v) is 3.78. The number of nitrogens with zero attached hydrogens (tertiary/aromatic N) is 6. The zero-order chi connectivity index (χ0) is 25.5. The van der Waals surface area contributed by atoms with Gasteiger partial charge in [0.2, 0.25) is 5.95 Å². The molecule has 3 aromatic heterocycles. The maximum atomic E-state index is 14.7. The second-order valence-electron chi connectivity index (χ2n) is 9.96. The molecule has 1 saturated heterocycles. The highest BCUT2D eigenvalue weighted by Crippen LogP contribution is 2.31. The van der Waals surface area contributed by atoms with E-state index in [1.54, 1.807) is 59.3 Å². The first-order valence-electron chi connectivity index (χ1n) is 11.2. The van der Waals surface area contributed by atoms with Gasteiger partial charge in [-0.15, -0.1) is 0 Å². The first-order chi connectivity index (χ1) is 16.4. The molecule has 0 radical (unpaired) electrons. The number of hydrogen-bond donors (Lipinski definition) is 2. The van der Waals surface area contributed by atoms with Gasteiger partial charge in [0.15, 0.2) is 11.4 Å². The molecule has 188 valence electrons. The van der Waals surface area contributed by atoms with E-state index in [1.165, 1.54) is 16.5 Å². The number of ether oxygens (including phenoxy) is 2. The molecule has 1 aliphatic heterocycles. The maximum absolute atomic E-state index is 14.7. The molecule has 2 atom stereocenters. The molecule has 1 fully saturated rings. The molecular weight excluding hydrogens is 457 g/mol. The molecule has 0 unspecified atom stereocenters. The Hall–Kier alpha value is -3.54. The smallest absolute Gasteiger partial charge is 0.410 e. The Morgan fingerprint density at radius 2 is 1.97 bits per heavy atom. The Balaban J connectivity index is 1.58. The zero-order valence-electron chi connectivity index (χ0n) is 20.6. The van der Waals surface area contributed by atoms with Crippen LogP contribution in [0.15, 0.2) is 24.7 Å². The van der Waals surface area contributed by atoms with Gasteiger partial charge in [0, 0.05) is 12.7 Å². The minimum atomic E-state index is -1.31. The number of nitrogens with one attached hydrogen (secondary N) is 1. The summed E-state index contributed by atoms with van der Waals surface area (Å²) in [6, 6.07) is 0.998. The average molecular weight is 488 g/mol. The lowest BCUT2D eigenvalue weighted by atomic mass is 10.0. The van der Waals surface area contributed by atoms with Gasteiger partial charge in [-0.2, -0.15) is 5.10 Å². The monoisotopic (exact) mass is 487 g/mol. The summed E-state index contributed by atoms with van der Waals surface area (Å²) < 4.78 is 26.9. The van der Waals surface area contributed by atoms with Crippen molar-refractivity contribution in [2.24, 2.45) is 0 Å². The zero-order valence-corrected chi connectivity index (χ0v) is 20.6. The number of anilines is 1. The van der Waals surface area contributed by atoms with Crippen molar-refractivity contribution in [2.75, 3.05) is 25.5 Å². The van der Waals surface area contributed by atoms with Crippen LogP contribution in [0.3, 0.4) is 0 Å². The Morgan fingerprint density at radius 1 is 1.23 bits per heavy atom. The number of aromatic nitrogens is 5. The Kier molecular flexibility index (Phi) is 6.26. The Bertz CT molecular complexity index is 1230. The highest BCUT2D eigenvalue weighted by molar-refractivity contribution is 5.75. The summed E-state index contributed by atoms with van der Waals surface area (Å²) in [5.74, 6) is 0.603. The van der Waals surface area contributed by atoms with E-state index in [0.717, 1.165) is 0 Å². The SMILES string of the molecule is COc1cn2ncc(-c3ccnc(N[C@H]4CN(C(=O)OC(C)(C)C)C[C@@H]4F)n3)c2nc1C(C)(C)O. The van der Waals surface area contributed by atoms with E-state index in [9.17, 15) is 14.3 Å². The van der Waals surface area contributed by atoms with Crippen molar-refractivity contribution in [3.05, 3.63) is 30.4 Å². The highest BCUT2D eigenvalue weighted by Gasteiger charge is 2.38. The van der Waals surface area contributed by atoms with Gasteiger partial charge in [-0.3, -0.25) is 0 Å². The van der Waals surface area contributed by atoms with Crippen molar-refractivity contribution >= 4 is 17.7 Å². The van der Waals surface area contributed by atoms with Gasteiger partial charge in [0.05, 0.1) is 43.3 Å². The van der Waals surface area contributed by atoms with Gasteiger partial charge in [0.1, 0.15) is 23.1 Å². The predicted molar refractivity (Wildman–Crippen MR) is 126 cm³/mol. The first-order valence-corrected chi connectivity index (χ1v) is 11.2. The van der Waals surface area contributed by atoms with Crippen LogP contribution in [-0.2, 0) is 10.3 Å². The maximum Gasteiger partial charge on any atom is 0.410 e. The van der Waals surface area contributed by atoms with Crippen molar-refractivity contribution in [3.63, 3.8) is 0 Å². The molecule has 3 aromatic rings. The van der Waals surface area contributed by atoms with Crippen LogP contribution in [0.1, 0.15) is 40.3 Å². The molecule has 0 saturated carbocycles. The number of fused-ring (bicyclic) bond motifs is 1. The van der Waals surface area contributed by atoms with Crippen molar-refractivity contribution in [2.45, 2.75) is 58.0 Å². The molecule has 2 N–H and O–H groups in total. The molecule has 35 heavy (non-hydrogen) atoms. The Morgan fingerprint density at radius 3 is 2.63 bits per heavy atom. The lowest BCUT2D eigenvalue weighted by Crippen LogP contribution is -2.36. The first kappa shape index (κ1) is 24.6. The van der Waals surface area contributed by atoms with Crippen molar-refractivity contribution in [1.29, 1.82) is 0 Å². The number of hydrogen-bond acceptors (Lipinski definition) is 9. The van der Waals surface area contributed by atoms with Crippen LogP contribution in [0.2, 0.25) is 0 Å². The number of likely N-dealkylation sites (tertiary alicyclic amines) is 1. The molecule has 1 aliphatic rings. The number of rotatable bonds is 5. The Labute approximate surface area is 202 Å². The van der Waals surface area contributed by atoms with Gasteiger partial charge in [-0.05, 0) is 40.7 Å². The standard InChI is InChI=1S/C23H30FN7O4/c1-22(2,3)35-21(32)30-10-14(24)16(11-30)28-20-25-8-7-15(27-20)13-9-26-31-12-17(34-6)18(23(4,5)33)29-19(13)31/h7-9,12,14,16,33H,10-11H2,1-6H3,(H,25,27,28)/t14-,16-/m0/s1. The van der Waals surface area contributed by atoms with E-state index < -0.39 is 29.5 Å². The molecule has 11 nitrogen and oxygen atoms in total. The second-order valence-corrected chi connectivity index (χ2v) is 9.96. The van der Waals surface area contributed by atoms with E-state index in [4.69, 9.17) is 9.47 Å². The number of alkyl halides is 1. The third-order valence-corrected chi connectivity index (χ3v) is 5.41. The van der Waals surface area contributed by atoms with Crippen molar-refractivity contribution in [3.8, 4) is 17.0 Å². The summed E-state index contributed by atoms with van der Waals surface area (Å²) in [5, 5.41) is 17.8. The molecule has 0 spiro atoms. The predicted octanol–water partition coefficient (Wildman–Crippen LogP) is 2.79. The van der Waals surface area contributed by atoms with Crippen LogP contribution in [0.5, 0.6) is 5.75 Å². The summed E-state index contributed by atoms with van der Waals surface area (Å²) >= 11 is 0. The summed E-state index contributed by atoms with van der Waals surface area (Å²) in [5.41, 5.74) is 0.0224. The van der Waals surface area contributed by atoms with E-state index in [0.29, 0.717) is 28.3 Å². The average Bonchev–Trinajstić information content (AvgIpc) is 3.34. The van der Waals surface area contributed by atoms with Crippen LogP contribution in [-0.4, -0.2) is 78.7 Å². The minimum Gasteiger partial charge on any atom is -0.493 e.